The molecule has 2 N–H and O–H groups in total. The Morgan fingerprint density at radius 2 is 1.94 bits per heavy atom. The van der Waals surface area contributed by atoms with Gasteiger partial charge in [-0.15, -0.1) is 0 Å². The van der Waals surface area contributed by atoms with Crippen LogP contribution in [0.1, 0.15) is 29.3 Å². The molecule has 0 radical (unpaired) electrons. The van der Waals surface area contributed by atoms with Gasteiger partial charge in [0, 0.05) is 18.7 Å². The van der Waals surface area contributed by atoms with Crippen LogP contribution in [0.4, 0.5) is 5.69 Å². The zero-order valence-corrected chi connectivity index (χ0v) is 18.7. The number of rotatable bonds is 7. The molecule has 3 rings (SSSR count). The number of carbonyl (C=O) groups is 3. The van der Waals surface area contributed by atoms with E-state index in [0.29, 0.717) is 9.23 Å². The molecular formula is C23H19N2O5S2-. The van der Waals surface area contributed by atoms with Gasteiger partial charge >= 0.3 is 5.97 Å². The number of nitrogens with zero attached hydrogens (tertiary/aromatic N) is 1. The lowest BCUT2D eigenvalue weighted by atomic mass is 10.1. The third-order valence-corrected chi connectivity index (χ3v) is 5.86. The molecule has 1 saturated heterocycles. The van der Waals surface area contributed by atoms with E-state index >= 15 is 0 Å². The second-order valence-electron chi connectivity index (χ2n) is 6.95. The highest BCUT2D eigenvalue weighted by atomic mass is 32.2. The van der Waals surface area contributed by atoms with Gasteiger partial charge in [0.2, 0.25) is 5.91 Å². The van der Waals surface area contributed by atoms with E-state index in [2.05, 4.69) is 5.32 Å². The molecule has 1 heterocycles. The van der Waals surface area contributed by atoms with E-state index in [1.807, 2.05) is 43.3 Å². The van der Waals surface area contributed by atoms with Gasteiger partial charge in [-0.05, 0) is 42.3 Å². The van der Waals surface area contributed by atoms with Crippen LogP contribution in [0.2, 0.25) is 0 Å². The first-order valence-electron chi connectivity index (χ1n) is 9.57. The molecule has 1 fully saturated rings. The summed E-state index contributed by atoms with van der Waals surface area (Å²) in [6, 6.07) is 13.2. The van der Waals surface area contributed by atoms with Crippen molar-refractivity contribution in [3.05, 3.63) is 76.2 Å². The normalized spacial score (nSPS) is 15.3. The van der Waals surface area contributed by atoms with Crippen molar-refractivity contribution in [1.29, 1.82) is 0 Å². The first-order valence-corrected chi connectivity index (χ1v) is 10.8. The van der Waals surface area contributed by atoms with Crippen molar-refractivity contribution < 1.29 is 24.6 Å². The third kappa shape index (κ3) is 5.83. The molecule has 7 nitrogen and oxygen atoms in total. The second-order valence-corrected chi connectivity index (χ2v) is 8.62. The van der Waals surface area contributed by atoms with Gasteiger partial charge in [-0.2, -0.15) is 0 Å². The minimum atomic E-state index is -1.33. The molecule has 2 aromatic carbocycles. The van der Waals surface area contributed by atoms with Crippen LogP contribution in [0.5, 0.6) is 5.75 Å². The van der Waals surface area contributed by atoms with Crippen LogP contribution >= 0.6 is 24.0 Å². The van der Waals surface area contributed by atoms with Crippen LogP contribution in [0.25, 0.3) is 6.08 Å². The Balaban J connectivity index is 1.59. The Hall–Kier alpha value is -3.43. The average molecular weight is 468 g/mol. The molecule has 0 bridgehead atoms. The van der Waals surface area contributed by atoms with Crippen molar-refractivity contribution in [2.45, 2.75) is 13.3 Å². The number of carbonyl (C=O) groups excluding carboxylic acids is 2. The van der Waals surface area contributed by atoms with Crippen LogP contribution in [0, 0.1) is 0 Å². The maximum absolute atomic E-state index is 12.7. The van der Waals surface area contributed by atoms with E-state index in [1.54, 1.807) is 6.08 Å². The summed E-state index contributed by atoms with van der Waals surface area (Å²) in [7, 11) is 0. The summed E-state index contributed by atoms with van der Waals surface area (Å²) in [5.74, 6) is -2.72. The molecule has 1 aliphatic heterocycles. The summed E-state index contributed by atoms with van der Waals surface area (Å²) in [5, 5.41) is 23.2. The van der Waals surface area contributed by atoms with E-state index in [4.69, 9.17) is 17.3 Å². The fraction of sp³-hybridized carbons (Fsp3) is 0.130. The fourth-order valence-corrected chi connectivity index (χ4v) is 4.33. The molecule has 0 spiro atoms. The molecule has 1 aliphatic rings. The monoisotopic (exact) mass is 467 g/mol. The Morgan fingerprint density at radius 3 is 2.59 bits per heavy atom. The van der Waals surface area contributed by atoms with Crippen LogP contribution in [-0.2, 0) is 9.59 Å². The van der Waals surface area contributed by atoms with Crippen LogP contribution in [0.15, 0.2) is 65.1 Å². The molecule has 0 saturated carbocycles. The number of hydrogen-bond donors (Lipinski definition) is 2. The molecule has 0 unspecified atom stereocenters. The Bertz CT molecular complexity index is 1140. The van der Waals surface area contributed by atoms with Crippen LogP contribution in [0.3, 0.4) is 0 Å². The molecule has 0 atom stereocenters. The molecule has 2 amide bonds. The summed E-state index contributed by atoms with van der Waals surface area (Å²) in [6.07, 6.45) is 3.69. The van der Waals surface area contributed by atoms with E-state index in [-0.39, 0.29) is 30.1 Å². The largest absolute Gasteiger partial charge is 0.872 e. The predicted octanol–water partition coefficient (Wildman–Crippen LogP) is 3.63. The Morgan fingerprint density at radius 1 is 1.22 bits per heavy atom. The third-order valence-electron chi connectivity index (χ3n) is 4.48. The lowest BCUT2D eigenvalue weighted by Crippen LogP contribution is -2.31. The number of aromatic carboxylic acids is 1. The zero-order valence-electron chi connectivity index (χ0n) is 17.0. The first-order chi connectivity index (χ1) is 15.2. The summed E-state index contributed by atoms with van der Waals surface area (Å²) in [6.45, 7) is 1.99. The zero-order chi connectivity index (χ0) is 23.3. The number of thiocarbonyl (C=S) groups is 1. The Labute approximate surface area is 194 Å². The van der Waals surface area contributed by atoms with Gasteiger partial charge in [-0.25, -0.2) is 4.79 Å². The number of anilines is 1. The maximum Gasteiger partial charge on any atom is 0.335 e. The predicted molar refractivity (Wildman–Crippen MR) is 126 cm³/mol. The van der Waals surface area contributed by atoms with Gasteiger partial charge in [0.1, 0.15) is 4.32 Å². The smallest absolute Gasteiger partial charge is 0.335 e. The minimum absolute atomic E-state index is 0.0343. The van der Waals surface area contributed by atoms with Gasteiger partial charge < -0.3 is 15.5 Å². The van der Waals surface area contributed by atoms with Crippen molar-refractivity contribution in [1.82, 2.24) is 4.90 Å². The number of thioether (sulfide) groups is 1. The van der Waals surface area contributed by atoms with Gasteiger partial charge in [0.25, 0.3) is 5.91 Å². The molecule has 0 aromatic heterocycles. The van der Waals surface area contributed by atoms with Crippen LogP contribution < -0.4 is 10.4 Å². The summed E-state index contributed by atoms with van der Waals surface area (Å²) in [4.78, 5) is 37.7. The van der Waals surface area contributed by atoms with E-state index in [0.717, 1.165) is 23.3 Å². The molecular weight excluding hydrogens is 448 g/mol. The summed E-state index contributed by atoms with van der Waals surface area (Å²) >= 11 is 6.48. The maximum atomic E-state index is 12.7. The van der Waals surface area contributed by atoms with Gasteiger partial charge in [0.15, 0.2) is 0 Å². The number of carboxylic acid groups (broad SMARTS) is 1. The lowest BCUT2D eigenvalue weighted by molar-refractivity contribution is -0.268. The average Bonchev–Trinajstić information content (AvgIpc) is 2.99. The molecule has 9 heteroatoms. The van der Waals surface area contributed by atoms with Gasteiger partial charge in [-0.3, -0.25) is 14.5 Å². The van der Waals surface area contributed by atoms with Crippen molar-refractivity contribution in [3.8, 4) is 5.75 Å². The standard InChI is InChI=1S/C23H20N2O5S2/c1-14(11-15-5-3-2-4-6-15)12-19-21(28)25(23(31)32-19)10-9-20(27)24-16-7-8-17(22(29)30)18(26)13-16/h2-8,11-13,26H,9-10H2,1H3,(H,24,27)(H,29,30)/p-1/b14-11+,19-12-. The summed E-state index contributed by atoms with van der Waals surface area (Å²) in [5.41, 5.74) is 1.74. The van der Waals surface area contributed by atoms with Gasteiger partial charge in [0.05, 0.1) is 10.5 Å². The highest BCUT2D eigenvalue weighted by Gasteiger charge is 2.32. The van der Waals surface area contributed by atoms with E-state index in [9.17, 15) is 19.5 Å². The second kappa shape index (κ2) is 10.3. The highest BCUT2D eigenvalue weighted by Crippen LogP contribution is 2.32. The number of nitrogens with one attached hydrogen (secondary N) is 1. The van der Waals surface area contributed by atoms with Crippen molar-refractivity contribution >= 4 is 57.8 Å². The Kier molecular flexibility index (Phi) is 7.45. The number of hydrogen-bond acceptors (Lipinski definition) is 6. The number of benzene rings is 2. The summed E-state index contributed by atoms with van der Waals surface area (Å²) < 4.78 is 0.370. The van der Waals surface area contributed by atoms with E-state index in [1.165, 1.54) is 22.7 Å². The number of amides is 2. The first kappa shape index (κ1) is 23.2. The molecule has 0 aliphatic carbocycles. The molecule has 164 valence electrons. The molecule has 32 heavy (non-hydrogen) atoms. The van der Waals surface area contributed by atoms with E-state index < -0.39 is 17.6 Å². The van der Waals surface area contributed by atoms with Crippen LogP contribution in [-0.4, -0.2) is 38.7 Å². The van der Waals surface area contributed by atoms with Crippen molar-refractivity contribution in [2.75, 3.05) is 11.9 Å². The highest BCUT2D eigenvalue weighted by molar-refractivity contribution is 8.26. The topological polar surface area (TPSA) is 110 Å². The quantitative estimate of drug-likeness (QED) is 0.473. The van der Waals surface area contributed by atoms with Crippen molar-refractivity contribution in [3.63, 3.8) is 0 Å². The number of allylic oxidation sites excluding steroid dienone is 2. The van der Waals surface area contributed by atoms with Gasteiger partial charge in [-0.1, -0.05) is 66.1 Å². The lowest BCUT2D eigenvalue weighted by Gasteiger charge is -2.15. The minimum Gasteiger partial charge on any atom is -0.872 e. The number of carboxylic acids is 1. The van der Waals surface area contributed by atoms with Crippen molar-refractivity contribution in [2.24, 2.45) is 0 Å². The molecule has 2 aromatic rings. The SMILES string of the molecule is CC(/C=C1\SC(=S)N(CCC(=O)Nc2ccc(C(=O)O)c([O-])c2)C1=O)=C\c1ccccc1. The fourth-order valence-electron chi connectivity index (χ4n) is 2.97.